The number of carbonyl (C=O) groups is 1. The quantitative estimate of drug-likeness (QED) is 0.716. The normalized spacial score (nSPS) is 14.6. The number of hydrogen-bond donors (Lipinski definition) is 0. The molecule has 86 valence electrons. The second-order valence-electron chi connectivity index (χ2n) is 4.15. The molecule has 1 fully saturated rings. The molecule has 0 unspecified atom stereocenters. The molecule has 16 heavy (non-hydrogen) atoms. The highest BCUT2D eigenvalue weighted by atomic mass is 16.5. The van der Waals surface area contributed by atoms with E-state index in [1.54, 1.807) is 26.2 Å². The molecule has 0 spiro atoms. The highest BCUT2D eigenvalue weighted by Crippen LogP contribution is 2.35. The molecule has 0 radical (unpaired) electrons. The number of methoxy groups -OCH3 is 1. The van der Waals surface area contributed by atoms with Crippen LogP contribution in [-0.4, -0.2) is 19.5 Å². The maximum Gasteiger partial charge on any atom is 0.171 e. The van der Waals surface area contributed by atoms with E-state index in [1.807, 2.05) is 6.07 Å². The summed E-state index contributed by atoms with van der Waals surface area (Å²) in [6.45, 7) is 2.22. The zero-order chi connectivity index (χ0) is 11.5. The van der Waals surface area contributed by atoms with Gasteiger partial charge in [0.1, 0.15) is 0 Å². The first-order valence-electron chi connectivity index (χ1n) is 5.53. The summed E-state index contributed by atoms with van der Waals surface area (Å²) in [6.07, 6.45) is 2.45. The summed E-state index contributed by atoms with van der Waals surface area (Å²) in [6, 6.07) is 5.39. The first-order chi connectivity index (χ1) is 7.72. The lowest BCUT2D eigenvalue weighted by molar-refractivity contribution is 0.101. The van der Waals surface area contributed by atoms with Crippen molar-refractivity contribution in [1.29, 1.82) is 0 Å². The molecule has 0 heterocycles. The van der Waals surface area contributed by atoms with Gasteiger partial charge >= 0.3 is 0 Å². The Kier molecular flexibility index (Phi) is 3.13. The van der Waals surface area contributed by atoms with Crippen LogP contribution >= 0.6 is 0 Å². The van der Waals surface area contributed by atoms with E-state index in [2.05, 4.69) is 0 Å². The van der Waals surface area contributed by atoms with Crippen LogP contribution in [0.15, 0.2) is 18.2 Å². The number of benzene rings is 1. The number of para-hydroxylation sites is 1. The van der Waals surface area contributed by atoms with E-state index in [1.165, 1.54) is 12.8 Å². The maximum atomic E-state index is 11.5. The lowest BCUT2D eigenvalue weighted by atomic mass is 10.1. The smallest absolute Gasteiger partial charge is 0.171 e. The third-order valence-corrected chi connectivity index (χ3v) is 2.74. The molecule has 0 aromatic heterocycles. The van der Waals surface area contributed by atoms with Crippen molar-refractivity contribution in [1.82, 2.24) is 0 Å². The lowest BCUT2D eigenvalue weighted by Gasteiger charge is -2.13. The number of rotatable bonds is 5. The van der Waals surface area contributed by atoms with Crippen molar-refractivity contribution >= 4 is 5.78 Å². The molecule has 1 aliphatic carbocycles. The van der Waals surface area contributed by atoms with Crippen molar-refractivity contribution in [2.45, 2.75) is 19.8 Å². The predicted octanol–water partition coefficient (Wildman–Crippen LogP) is 2.69. The van der Waals surface area contributed by atoms with Crippen molar-refractivity contribution in [2.75, 3.05) is 13.7 Å². The van der Waals surface area contributed by atoms with Gasteiger partial charge in [0.15, 0.2) is 17.3 Å². The van der Waals surface area contributed by atoms with Crippen molar-refractivity contribution < 1.29 is 14.3 Å². The summed E-state index contributed by atoms with van der Waals surface area (Å²) >= 11 is 0. The average molecular weight is 220 g/mol. The Morgan fingerprint density at radius 3 is 2.75 bits per heavy atom. The van der Waals surface area contributed by atoms with Crippen LogP contribution in [0.25, 0.3) is 0 Å². The second-order valence-corrected chi connectivity index (χ2v) is 4.15. The number of hydrogen-bond acceptors (Lipinski definition) is 3. The fourth-order valence-corrected chi connectivity index (χ4v) is 1.59. The Balaban J connectivity index is 2.24. The molecule has 0 aliphatic heterocycles. The van der Waals surface area contributed by atoms with Crippen LogP contribution in [0.1, 0.15) is 30.1 Å². The molecular weight excluding hydrogens is 204 g/mol. The van der Waals surface area contributed by atoms with Gasteiger partial charge in [-0.2, -0.15) is 0 Å². The molecule has 2 rings (SSSR count). The first-order valence-corrected chi connectivity index (χ1v) is 5.53. The summed E-state index contributed by atoms with van der Waals surface area (Å²) in [5.41, 5.74) is 0.597. The molecule has 1 saturated carbocycles. The van der Waals surface area contributed by atoms with Gasteiger partial charge in [0.2, 0.25) is 0 Å². The van der Waals surface area contributed by atoms with Crippen molar-refractivity contribution in [3.8, 4) is 11.5 Å². The molecule has 0 atom stereocenters. The van der Waals surface area contributed by atoms with Gasteiger partial charge < -0.3 is 9.47 Å². The van der Waals surface area contributed by atoms with Crippen LogP contribution in [0, 0.1) is 5.92 Å². The topological polar surface area (TPSA) is 35.5 Å². The van der Waals surface area contributed by atoms with Gasteiger partial charge in [-0.05, 0) is 37.8 Å². The van der Waals surface area contributed by atoms with Gasteiger partial charge in [-0.1, -0.05) is 6.07 Å². The van der Waals surface area contributed by atoms with Gasteiger partial charge in [-0.15, -0.1) is 0 Å². The first kappa shape index (κ1) is 11.0. The minimum absolute atomic E-state index is 0.00435. The molecule has 1 aromatic carbocycles. The Bertz CT molecular complexity index is 394. The Hall–Kier alpha value is -1.51. The molecule has 0 amide bonds. The minimum atomic E-state index is 0.00435. The van der Waals surface area contributed by atoms with Crippen molar-refractivity contribution in [3.63, 3.8) is 0 Å². The summed E-state index contributed by atoms with van der Waals surface area (Å²) in [7, 11) is 1.59. The molecule has 3 nitrogen and oxygen atoms in total. The second kappa shape index (κ2) is 4.56. The standard InChI is InChI=1S/C13H16O3/c1-9(14)11-4-3-5-12(15-2)13(11)16-8-10-6-7-10/h3-5,10H,6-8H2,1-2H3. The summed E-state index contributed by atoms with van der Waals surface area (Å²) in [5, 5.41) is 0. The Morgan fingerprint density at radius 2 is 2.19 bits per heavy atom. The number of ketones is 1. The summed E-state index contributed by atoms with van der Waals surface area (Å²) < 4.78 is 10.9. The van der Waals surface area contributed by atoms with Crippen LogP contribution in [0.3, 0.4) is 0 Å². The van der Waals surface area contributed by atoms with E-state index in [0.29, 0.717) is 29.6 Å². The highest BCUT2D eigenvalue weighted by Gasteiger charge is 2.23. The van der Waals surface area contributed by atoms with Crippen molar-refractivity contribution in [3.05, 3.63) is 23.8 Å². The van der Waals surface area contributed by atoms with Gasteiger partial charge in [0.25, 0.3) is 0 Å². The number of ether oxygens (including phenoxy) is 2. The fraction of sp³-hybridized carbons (Fsp3) is 0.462. The van der Waals surface area contributed by atoms with Gasteiger partial charge in [0.05, 0.1) is 19.3 Å². The zero-order valence-electron chi connectivity index (χ0n) is 9.66. The minimum Gasteiger partial charge on any atom is -0.493 e. The van der Waals surface area contributed by atoms with E-state index in [0.717, 1.165) is 0 Å². The zero-order valence-corrected chi connectivity index (χ0v) is 9.66. The van der Waals surface area contributed by atoms with Crippen LogP contribution in [0.2, 0.25) is 0 Å². The molecule has 0 saturated heterocycles. The monoisotopic (exact) mass is 220 g/mol. The third kappa shape index (κ3) is 2.35. The van der Waals surface area contributed by atoms with Gasteiger partial charge in [-0.25, -0.2) is 0 Å². The molecule has 0 bridgehead atoms. The van der Waals surface area contributed by atoms with Crippen LogP contribution in [0.4, 0.5) is 0 Å². The summed E-state index contributed by atoms with van der Waals surface area (Å²) in [4.78, 5) is 11.5. The van der Waals surface area contributed by atoms with Gasteiger partial charge in [0, 0.05) is 0 Å². The lowest BCUT2D eigenvalue weighted by Crippen LogP contribution is -2.05. The van der Waals surface area contributed by atoms with Crippen LogP contribution in [-0.2, 0) is 0 Å². The molecule has 1 aliphatic rings. The van der Waals surface area contributed by atoms with E-state index in [9.17, 15) is 4.79 Å². The Labute approximate surface area is 95.4 Å². The molecular formula is C13H16O3. The molecule has 3 heteroatoms. The SMILES string of the molecule is COc1cccc(C(C)=O)c1OCC1CC1. The molecule has 0 N–H and O–H groups in total. The van der Waals surface area contributed by atoms with E-state index < -0.39 is 0 Å². The molecule has 1 aromatic rings. The highest BCUT2D eigenvalue weighted by molar-refractivity contribution is 5.97. The largest absolute Gasteiger partial charge is 0.493 e. The maximum absolute atomic E-state index is 11.5. The average Bonchev–Trinajstić information content (AvgIpc) is 3.09. The van der Waals surface area contributed by atoms with Gasteiger partial charge in [-0.3, -0.25) is 4.79 Å². The Morgan fingerprint density at radius 1 is 1.44 bits per heavy atom. The predicted molar refractivity (Wildman–Crippen MR) is 61.2 cm³/mol. The van der Waals surface area contributed by atoms with Crippen molar-refractivity contribution in [2.24, 2.45) is 5.92 Å². The fourth-order valence-electron chi connectivity index (χ4n) is 1.59. The van der Waals surface area contributed by atoms with E-state index >= 15 is 0 Å². The van der Waals surface area contributed by atoms with E-state index in [4.69, 9.17) is 9.47 Å². The number of carbonyl (C=O) groups excluding carboxylic acids is 1. The number of Topliss-reactive ketones (excluding diaryl/α,β-unsaturated/α-hetero) is 1. The summed E-state index contributed by atoms with van der Waals surface area (Å²) in [5.74, 6) is 1.88. The third-order valence-electron chi connectivity index (χ3n) is 2.74. The van der Waals surface area contributed by atoms with E-state index in [-0.39, 0.29) is 5.78 Å². The van der Waals surface area contributed by atoms with Crippen LogP contribution in [0.5, 0.6) is 11.5 Å². The van der Waals surface area contributed by atoms with Crippen LogP contribution < -0.4 is 9.47 Å².